The van der Waals surface area contributed by atoms with E-state index in [1.165, 1.54) is 0 Å². The van der Waals surface area contributed by atoms with Crippen molar-refractivity contribution in [1.82, 2.24) is 5.32 Å². The summed E-state index contributed by atoms with van der Waals surface area (Å²) in [5.74, 6) is -0.224. The molecule has 114 valence electrons. The average Bonchev–Trinajstić information content (AvgIpc) is 3.15. The van der Waals surface area contributed by atoms with Gasteiger partial charge in [-0.3, -0.25) is 4.79 Å². The summed E-state index contributed by atoms with van der Waals surface area (Å²) in [5.41, 5.74) is 1.53. The van der Waals surface area contributed by atoms with Crippen molar-refractivity contribution >= 4 is 17.7 Å². The number of benzene rings is 1. The molecule has 0 spiro atoms. The number of hydrogen-bond donors (Lipinski definition) is 3. The molecule has 2 atom stereocenters. The Bertz CT molecular complexity index is 516. The first-order valence-electron chi connectivity index (χ1n) is 7.47. The van der Waals surface area contributed by atoms with Gasteiger partial charge in [0.2, 0.25) is 0 Å². The van der Waals surface area contributed by atoms with Gasteiger partial charge < -0.3 is 15.7 Å². The van der Waals surface area contributed by atoms with Crippen LogP contribution in [0.15, 0.2) is 24.3 Å². The number of urea groups is 1. The minimum atomic E-state index is -0.838. The average molecular weight is 290 g/mol. The van der Waals surface area contributed by atoms with Gasteiger partial charge in [0.15, 0.2) is 0 Å². The van der Waals surface area contributed by atoms with Gasteiger partial charge in [-0.2, -0.15) is 0 Å². The summed E-state index contributed by atoms with van der Waals surface area (Å²) in [5, 5.41) is 14.5. The molecule has 5 nitrogen and oxygen atoms in total. The largest absolute Gasteiger partial charge is 0.481 e. The lowest BCUT2D eigenvalue weighted by Gasteiger charge is -2.11. The van der Waals surface area contributed by atoms with Crippen molar-refractivity contribution < 1.29 is 14.7 Å². The summed E-state index contributed by atoms with van der Waals surface area (Å²) in [6, 6.07) is 7.40. The fourth-order valence-electron chi connectivity index (χ4n) is 2.54. The van der Waals surface area contributed by atoms with E-state index in [1.54, 1.807) is 6.07 Å². The van der Waals surface area contributed by atoms with Crippen LogP contribution >= 0.6 is 0 Å². The molecule has 2 amide bonds. The van der Waals surface area contributed by atoms with E-state index in [4.69, 9.17) is 5.11 Å². The molecule has 0 aliphatic heterocycles. The summed E-state index contributed by atoms with van der Waals surface area (Å²) in [6.45, 7) is 2.15. The first-order valence-corrected chi connectivity index (χ1v) is 7.47. The molecule has 1 aliphatic rings. The molecule has 0 saturated heterocycles. The fraction of sp³-hybridized carbons (Fsp3) is 0.500. The number of anilines is 1. The van der Waals surface area contributed by atoms with E-state index in [1.807, 2.05) is 18.2 Å². The first kappa shape index (κ1) is 15.4. The van der Waals surface area contributed by atoms with Crippen molar-refractivity contribution in [1.29, 1.82) is 0 Å². The molecule has 5 heteroatoms. The number of para-hydroxylation sites is 1. The molecule has 21 heavy (non-hydrogen) atoms. The highest BCUT2D eigenvalue weighted by Crippen LogP contribution is 2.34. The molecule has 0 radical (unpaired) electrons. The third-order valence-corrected chi connectivity index (χ3v) is 3.77. The molecular weight excluding hydrogens is 268 g/mol. The predicted molar refractivity (Wildman–Crippen MR) is 81.4 cm³/mol. The predicted octanol–water partition coefficient (Wildman–Crippen LogP) is 3.01. The second kappa shape index (κ2) is 7.11. The Morgan fingerprint density at radius 1 is 1.33 bits per heavy atom. The molecule has 2 unspecified atom stereocenters. The molecule has 1 saturated carbocycles. The van der Waals surface area contributed by atoms with Crippen LogP contribution in [0.3, 0.4) is 0 Å². The fourth-order valence-corrected chi connectivity index (χ4v) is 2.54. The Kier molecular flexibility index (Phi) is 5.20. The molecule has 3 N–H and O–H groups in total. The van der Waals surface area contributed by atoms with E-state index in [2.05, 4.69) is 17.6 Å². The summed E-state index contributed by atoms with van der Waals surface area (Å²) in [4.78, 5) is 22.6. The molecule has 1 aromatic carbocycles. The lowest BCUT2D eigenvalue weighted by molar-refractivity contribution is -0.136. The zero-order valence-corrected chi connectivity index (χ0v) is 12.3. The molecule has 0 aromatic heterocycles. The van der Waals surface area contributed by atoms with Gasteiger partial charge in [0.1, 0.15) is 0 Å². The third-order valence-electron chi connectivity index (χ3n) is 3.77. The summed E-state index contributed by atoms with van der Waals surface area (Å²) < 4.78 is 0. The number of rotatable bonds is 7. The van der Waals surface area contributed by atoms with Gasteiger partial charge in [-0.15, -0.1) is 0 Å². The van der Waals surface area contributed by atoms with Gasteiger partial charge in [-0.05, 0) is 36.8 Å². The van der Waals surface area contributed by atoms with Crippen molar-refractivity contribution in [3.8, 4) is 0 Å². The lowest BCUT2D eigenvalue weighted by Crippen LogP contribution is -2.31. The smallest absolute Gasteiger partial charge is 0.319 e. The highest BCUT2D eigenvalue weighted by atomic mass is 16.4. The Morgan fingerprint density at radius 3 is 2.81 bits per heavy atom. The zero-order valence-electron chi connectivity index (χ0n) is 12.3. The second-order valence-electron chi connectivity index (χ2n) is 5.54. The number of carboxylic acids is 1. The van der Waals surface area contributed by atoms with Crippen LogP contribution in [-0.2, 0) is 11.2 Å². The molecule has 1 fully saturated rings. The first-order chi connectivity index (χ1) is 10.1. The van der Waals surface area contributed by atoms with Crippen LogP contribution in [0.1, 0.15) is 38.2 Å². The highest BCUT2D eigenvalue weighted by molar-refractivity contribution is 5.90. The van der Waals surface area contributed by atoms with E-state index in [9.17, 15) is 9.59 Å². The molecular formula is C16H22N2O3. The quantitative estimate of drug-likeness (QED) is 0.722. The number of aliphatic carboxylic acids is 1. The second-order valence-corrected chi connectivity index (χ2v) is 5.54. The zero-order chi connectivity index (χ0) is 15.2. The number of aryl methyl sites for hydroxylation is 1. The van der Waals surface area contributed by atoms with Crippen LogP contribution in [-0.4, -0.2) is 23.1 Å². The van der Waals surface area contributed by atoms with E-state index in [0.29, 0.717) is 18.0 Å². The monoisotopic (exact) mass is 290 g/mol. The summed E-state index contributed by atoms with van der Waals surface area (Å²) >= 11 is 0. The normalized spacial score (nSPS) is 19.9. The number of carboxylic acid groups (broad SMARTS) is 1. The van der Waals surface area contributed by atoms with Gasteiger partial charge in [0.05, 0.1) is 0 Å². The van der Waals surface area contributed by atoms with Gasteiger partial charge >= 0.3 is 12.0 Å². The SMILES string of the molecule is CCCC1CC1NC(=O)Nc1ccccc1CCC(=O)O. The Hall–Kier alpha value is -2.04. The number of amides is 2. The standard InChI is InChI=1S/C16H22N2O3/c1-2-5-12-10-14(12)18-16(21)17-13-7-4-3-6-11(13)8-9-15(19)20/h3-4,6-7,12,14H,2,5,8-10H2,1H3,(H,19,20)(H2,17,18,21). The Balaban J connectivity index is 1.87. The van der Waals surface area contributed by atoms with Crippen molar-refractivity contribution in [2.75, 3.05) is 5.32 Å². The van der Waals surface area contributed by atoms with Gasteiger partial charge in [0, 0.05) is 18.2 Å². The third kappa shape index (κ3) is 4.77. The molecule has 0 heterocycles. The molecule has 1 aliphatic carbocycles. The van der Waals surface area contributed by atoms with Crippen molar-refractivity contribution in [2.45, 2.75) is 45.1 Å². The van der Waals surface area contributed by atoms with Gasteiger partial charge in [-0.25, -0.2) is 4.79 Å². The summed E-state index contributed by atoms with van der Waals surface area (Å²) in [7, 11) is 0. The number of hydrogen-bond acceptors (Lipinski definition) is 2. The van der Waals surface area contributed by atoms with Crippen LogP contribution in [0.5, 0.6) is 0 Å². The Morgan fingerprint density at radius 2 is 2.10 bits per heavy atom. The van der Waals surface area contributed by atoms with Crippen molar-refractivity contribution in [2.24, 2.45) is 5.92 Å². The van der Waals surface area contributed by atoms with Crippen LogP contribution in [0, 0.1) is 5.92 Å². The maximum Gasteiger partial charge on any atom is 0.319 e. The topological polar surface area (TPSA) is 78.4 Å². The van der Waals surface area contributed by atoms with Gasteiger partial charge in [0.25, 0.3) is 0 Å². The van der Waals surface area contributed by atoms with Crippen LogP contribution in [0.25, 0.3) is 0 Å². The van der Waals surface area contributed by atoms with E-state index < -0.39 is 5.97 Å². The summed E-state index contributed by atoms with van der Waals surface area (Å²) in [6.07, 6.45) is 3.82. The number of nitrogens with one attached hydrogen (secondary N) is 2. The van der Waals surface area contributed by atoms with Gasteiger partial charge in [-0.1, -0.05) is 31.5 Å². The number of carbonyl (C=O) groups is 2. The molecule has 0 bridgehead atoms. The van der Waals surface area contributed by atoms with Crippen LogP contribution < -0.4 is 10.6 Å². The Labute approximate surface area is 124 Å². The van der Waals surface area contributed by atoms with Crippen molar-refractivity contribution in [3.63, 3.8) is 0 Å². The lowest BCUT2D eigenvalue weighted by atomic mass is 10.1. The highest BCUT2D eigenvalue weighted by Gasteiger charge is 2.37. The maximum absolute atomic E-state index is 12.0. The van der Waals surface area contributed by atoms with Crippen molar-refractivity contribution in [3.05, 3.63) is 29.8 Å². The minimum Gasteiger partial charge on any atom is -0.481 e. The number of carbonyl (C=O) groups excluding carboxylic acids is 1. The van der Waals surface area contributed by atoms with Crippen LogP contribution in [0.2, 0.25) is 0 Å². The van der Waals surface area contributed by atoms with E-state index in [0.717, 1.165) is 24.8 Å². The maximum atomic E-state index is 12.0. The van der Waals surface area contributed by atoms with Crippen LogP contribution in [0.4, 0.5) is 10.5 Å². The molecule has 1 aromatic rings. The van der Waals surface area contributed by atoms with E-state index >= 15 is 0 Å². The molecule has 2 rings (SSSR count). The minimum absolute atomic E-state index is 0.0571. The van der Waals surface area contributed by atoms with E-state index in [-0.39, 0.29) is 18.5 Å².